The van der Waals surface area contributed by atoms with Gasteiger partial charge in [0.25, 0.3) is 0 Å². The molecule has 1 aliphatic heterocycles. The zero-order valence-corrected chi connectivity index (χ0v) is 15.4. The number of methoxy groups -OCH3 is 1. The zero-order chi connectivity index (χ0) is 16.9. The van der Waals surface area contributed by atoms with Crippen LogP contribution in [0.15, 0.2) is 30.5 Å². The minimum Gasteiger partial charge on any atom is -0.497 e. The highest BCUT2D eigenvalue weighted by atomic mass is 32.1. The molecule has 0 radical (unpaired) electrons. The number of thiazole rings is 1. The average molecular weight is 347 g/mol. The number of nitrogens with zero attached hydrogens (tertiary/aromatic N) is 3. The molecule has 0 bridgehead atoms. The van der Waals surface area contributed by atoms with Gasteiger partial charge >= 0.3 is 0 Å². The van der Waals surface area contributed by atoms with Crippen LogP contribution in [-0.4, -0.2) is 56.9 Å². The van der Waals surface area contributed by atoms with Gasteiger partial charge in [0, 0.05) is 51.2 Å². The van der Waals surface area contributed by atoms with Crippen molar-refractivity contribution in [3.63, 3.8) is 0 Å². The van der Waals surface area contributed by atoms with Crippen molar-refractivity contribution in [3.8, 4) is 5.75 Å². The molecule has 1 atom stereocenters. The second-order valence-electron chi connectivity index (χ2n) is 6.29. The van der Waals surface area contributed by atoms with E-state index in [0.717, 1.165) is 43.5 Å². The van der Waals surface area contributed by atoms with E-state index in [1.165, 1.54) is 10.4 Å². The van der Waals surface area contributed by atoms with E-state index in [1.807, 2.05) is 32.4 Å². The number of hydrogen-bond acceptors (Lipinski definition) is 6. The highest BCUT2D eigenvalue weighted by molar-refractivity contribution is 7.15. The van der Waals surface area contributed by atoms with E-state index < -0.39 is 0 Å². The third-order valence-corrected chi connectivity index (χ3v) is 5.27. The van der Waals surface area contributed by atoms with E-state index >= 15 is 0 Å². The fraction of sp³-hybridized carbons (Fsp3) is 0.500. The van der Waals surface area contributed by atoms with Crippen LogP contribution in [0.3, 0.4) is 0 Å². The van der Waals surface area contributed by atoms with Crippen LogP contribution < -0.4 is 9.64 Å². The Morgan fingerprint density at radius 3 is 3.04 bits per heavy atom. The summed E-state index contributed by atoms with van der Waals surface area (Å²) in [5.41, 5.74) is 1.26. The van der Waals surface area contributed by atoms with E-state index in [2.05, 4.69) is 26.9 Å². The molecular formula is C18H25N3O2S. The molecule has 1 fully saturated rings. The van der Waals surface area contributed by atoms with Gasteiger partial charge in [0.1, 0.15) is 5.75 Å². The first-order chi connectivity index (χ1) is 11.6. The van der Waals surface area contributed by atoms with Crippen LogP contribution in [0.25, 0.3) is 0 Å². The maximum atomic E-state index is 5.96. The first-order valence-electron chi connectivity index (χ1n) is 8.23. The molecule has 0 aliphatic carbocycles. The molecule has 0 spiro atoms. The Labute approximate surface area is 147 Å². The molecular weight excluding hydrogens is 322 g/mol. The molecule has 2 aromatic rings. The summed E-state index contributed by atoms with van der Waals surface area (Å²) in [5, 5.41) is 1.06. The van der Waals surface area contributed by atoms with Gasteiger partial charge in [-0.15, -0.1) is 11.3 Å². The number of morpholine rings is 1. The van der Waals surface area contributed by atoms with Gasteiger partial charge in [-0.2, -0.15) is 0 Å². The Hall–Kier alpha value is -1.63. The van der Waals surface area contributed by atoms with Gasteiger partial charge in [-0.3, -0.25) is 4.90 Å². The van der Waals surface area contributed by atoms with Crippen LogP contribution >= 0.6 is 11.3 Å². The Kier molecular flexibility index (Phi) is 5.71. The summed E-state index contributed by atoms with van der Waals surface area (Å²) in [7, 11) is 5.76. The molecule has 24 heavy (non-hydrogen) atoms. The second kappa shape index (κ2) is 7.96. The first-order valence-corrected chi connectivity index (χ1v) is 9.04. The molecule has 0 saturated carbocycles. The molecule has 2 heterocycles. The lowest BCUT2D eigenvalue weighted by molar-refractivity contribution is -0.0302. The number of anilines is 1. The predicted molar refractivity (Wildman–Crippen MR) is 98.2 cm³/mol. The summed E-state index contributed by atoms with van der Waals surface area (Å²) in [6.07, 6.45) is 3.14. The standard InChI is InChI=1S/C18H25N3O2S/c1-20(2)18-19-11-17(24-18)13-21-7-8-23-16(12-21)10-14-5-4-6-15(9-14)22-3/h4-6,9,11,16H,7-8,10,12-13H2,1-3H3. The molecule has 0 N–H and O–H groups in total. The summed E-state index contributed by atoms with van der Waals surface area (Å²) in [6.45, 7) is 3.66. The number of benzene rings is 1. The van der Waals surface area contributed by atoms with Crippen molar-refractivity contribution in [3.05, 3.63) is 40.9 Å². The lowest BCUT2D eigenvalue weighted by Crippen LogP contribution is -2.42. The minimum absolute atomic E-state index is 0.229. The molecule has 1 aromatic heterocycles. The van der Waals surface area contributed by atoms with Crippen molar-refractivity contribution < 1.29 is 9.47 Å². The fourth-order valence-corrected chi connectivity index (χ4v) is 3.78. The van der Waals surface area contributed by atoms with E-state index in [0.29, 0.717) is 0 Å². The maximum Gasteiger partial charge on any atom is 0.185 e. The smallest absolute Gasteiger partial charge is 0.185 e. The van der Waals surface area contributed by atoms with Gasteiger partial charge in [0.15, 0.2) is 5.13 Å². The summed E-state index contributed by atoms with van der Waals surface area (Å²) in [5.74, 6) is 0.904. The van der Waals surface area contributed by atoms with Crippen molar-refractivity contribution in [1.29, 1.82) is 0 Å². The lowest BCUT2D eigenvalue weighted by Gasteiger charge is -2.32. The van der Waals surface area contributed by atoms with Crippen molar-refractivity contribution in [2.24, 2.45) is 0 Å². The van der Waals surface area contributed by atoms with Crippen molar-refractivity contribution >= 4 is 16.5 Å². The Balaban J connectivity index is 1.57. The van der Waals surface area contributed by atoms with Crippen molar-refractivity contribution in [2.75, 3.05) is 45.8 Å². The largest absolute Gasteiger partial charge is 0.497 e. The number of rotatable bonds is 6. The highest BCUT2D eigenvalue weighted by Crippen LogP contribution is 2.23. The summed E-state index contributed by atoms with van der Waals surface area (Å²) >= 11 is 1.76. The quantitative estimate of drug-likeness (QED) is 0.803. The highest BCUT2D eigenvalue weighted by Gasteiger charge is 2.21. The summed E-state index contributed by atoms with van der Waals surface area (Å²) in [4.78, 5) is 10.3. The normalized spacial score (nSPS) is 18.5. The minimum atomic E-state index is 0.229. The predicted octanol–water partition coefficient (Wildman–Crippen LogP) is 2.66. The number of hydrogen-bond donors (Lipinski definition) is 0. The van der Waals surface area contributed by atoms with Gasteiger partial charge in [0.2, 0.25) is 0 Å². The Morgan fingerprint density at radius 2 is 2.29 bits per heavy atom. The summed E-state index contributed by atoms with van der Waals surface area (Å²) < 4.78 is 11.3. The van der Waals surface area contributed by atoms with Crippen LogP contribution in [0.2, 0.25) is 0 Å². The van der Waals surface area contributed by atoms with Gasteiger partial charge in [0.05, 0.1) is 19.8 Å². The molecule has 5 nitrogen and oxygen atoms in total. The van der Waals surface area contributed by atoms with Crippen molar-refractivity contribution in [1.82, 2.24) is 9.88 Å². The number of aromatic nitrogens is 1. The molecule has 0 amide bonds. The average Bonchev–Trinajstić information content (AvgIpc) is 3.04. The maximum absolute atomic E-state index is 5.96. The Morgan fingerprint density at radius 1 is 1.42 bits per heavy atom. The van der Waals surface area contributed by atoms with E-state index in [4.69, 9.17) is 9.47 Å². The number of ether oxygens (including phenoxy) is 2. The SMILES string of the molecule is COc1cccc(CC2CN(Cc3cnc(N(C)C)s3)CCO2)c1. The molecule has 6 heteroatoms. The molecule has 130 valence electrons. The van der Waals surface area contributed by atoms with Crippen molar-refractivity contribution in [2.45, 2.75) is 19.1 Å². The molecule has 1 aromatic carbocycles. The van der Waals surface area contributed by atoms with Gasteiger partial charge in [-0.1, -0.05) is 12.1 Å². The lowest BCUT2D eigenvalue weighted by atomic mass is 10.1. The van der Waals surface area contributed by atoms with Gasteiger partial charge < -0.3 is 14.4 Å². The fourth-order valence-electron chi connectivity index (χ4n) is 2.91. The molecule has 3 rings (SSSR count). The van der Waals surface area contributed by atoms with Crippen LogP contribution in [0, 0.1) is 0 Å². The third kappa shape index (κ3) is 4.47. The third-order valence-electron chi connectivity index (χ3n) is 4.12. The van der Waals surface area contributed by atoms with Crippen LogP contribution in [0.4, 0.5) is 5.13 Å². The molecule has 1 aliphatic rings. The second-order valence-corrected chi connectivity index (χ2v) is 7.38. The summed E-state index contributed by atoms with van der Waals surface area (Å²) in [6, 6.07) is 8.24. The molecule has 1 saturated heterocycles. The van der Waals surface area contributed by atoms with Crippen LogP contribution in [-0.2, 0) is 17.7 Å². The van der Waals surface area contributed by atoms with Crippen LogP contribution in [0.5, 0.6) is 5.75 Å². The van der Waals surface area contributed by atoms with Gasteiger partial charge in [-0.25, -0.2) is 4.98 Å². The van der Waals surface area contributed by atoms with E-state index in [1.54, 1.807) is 18.4 Å². The van der Waals surface area contributed by atoms with E-state index in [9.17, 15) is 0 Å². The Bertz CT molecular complexity index is 659. The topological polar surface area (TPSA) is 37.8 Å². The molecule has 1 unspecified atom stereocenters. The van der Waals surface area contributed by atoms with E-state index in [-0.39, 0.29) is 6.10 Å². The van der Waals surface area contributed by atoms with Gasteiger partial charge in [-0.05, 0) is 17.7 Å². The van der Waals surface area contributed by atoms with Crippen LogP contribution in [0.1, 0.15) is 10.4 Å². The zero-order valence-electron chi connectivity index (χ0n) is 14.6. The first kappa shape index (κ1) is 17.2. The monoisotopic (exact) mass is 347 g/mol.